The van der Waals surface area contributed by atoms with Gasteiger partial charge in [0.25, 0.3) is 0 Å². The number of rotatable bonds is 37. The number of unbranched alkanes of at least 4 members (excludes halogenated alkanes) is 20. The molecule has 0 aliphatic rings. The van der Waals surface area contributed by atoms with E-state index >= 15 is 0 Å². The third-order valence-corrected chi connectivity index (χ3v) is 10.3. The van der Waals surface area contributed by atoms with Gasteiger partial charge in [0.05, 0.1) is 17.2 Å². The number of nitrogens with zero attached hydrogens (tertiary/aromatic N) is 1. The molecule has 0 aliphatic carbocycles. The van der Waals surface area contributed by atoms with E-state index in [0.29, 0.717) is 38.8 Å². The summed E-state index contributed by atoms with van der Waals surface area (Å²) in [4.78, 5) is 38.3. The SMILES string of the molecule is CCCCCCCC/C=C\CCCCCCC(CCN(CCC(CCCCCC/C=C\CCCCCCCC)C(=O)O)C(=O)CBr)C(=O)O. The summed E-state index contributed by atoms with van der Waals surface area (Å²) in [6, 6.07) is 0. The molecule has 0 saturated carbocycles. The fourth-order valence-corrected chi connectivity index (χ4v) is 6.78. The monoisotopic (exact) mass is 753 g/mol. The van der Waals surface area contributed by atoms with Gasteiger partial charge in [0, 0.05) is 13.1 Å². The lowest BCUT2D eigenvalue weighted by Gasteiger charge is -2.25. The number of carbonyl (C=O) groups excluding carboxylic acids is 1. The Bertz CT molecular complexity index is 785. The van der Waals surface area contributed by atoms with Gasteiger partial charge in [-0.15, -0.1) is 0 Å². The van der Waals surface area contributed by atoms with Gasteiger partial charge in [-0.1, -0.05) is 157 Å². The Morgan fingerprint density at radius 2 is 0.796 bits per heavy atom. The molecular formula is C42H76BrNO5. The fourth-order valence-electron chi connectivity index (χ4n) is 6.42. The molecular weight excluding hydrogens is 678 g/mol. The van der Waals surface area contributed by atoms with E-state index in [1.54, 1.807) is 4.90 Å². The van der Waals surface area contributed by atoms with E-state index in [1.807, 2.05) is 0 Å². The van der Waals surface area contributed by atoms with E-state index in [2.05, 4.69) is 54.1 Å². The zero-order valence-electron chi connectivity index (χ0n) is 31.8. The third-order valence-electron chi connectivity index (χ3n) is 9.79. The molecule has 0 aromatic rings. The average Bonchev–Trinajstić information content (AvgIpc) is 3.09. The van der Waals surface area contributed by atoms with E-state index < -0.39 is 23.8 Å². The molecule has 0 bridgehead atoms. The number of hydrogen-bond donors (Lipinski definition) is 2. The van der Waals surface area contributed by atoms with E-state index in [9.17, 15) is 24.6 Å². The zero-order chi connectivity index (χ0) is 36.2. The molecule has 7 heteroatoms. The van der Waals surface area contributed by atoms with E-state index in [4.69, 9.17) is 0 Å². The first-order chi connectivity index (χ1) is 23.9. The summed E-state index contributed by atoms with van der Waals surface area (Å²) in [6.07, 6.45) is 40.1. The highest BCUT2D eigenvalue weighted by molar-refractivity contribution is 9.09. The van der Waals surface area contributed by atoms with Crippen LogP contribution in [0.4, 0.5) is 0 Å². The van der Waals surface area contributed by atoms with Gasteiger partial charge in [-0.05, 0) is 77.0 Å². The molecule has 2 atom stereocenters. The Balaban J connectivity index is 4.27. The van der Waals surface area contributed by atoms with Crippen LogP contribution in [0.2, 0.25) is 0 Å². The van der Waals surface area contributed by atoms with Crippen molar-refractivity contribution in [1.82, 2.24) is 4.90 Å². The van der Waals surface area contributed by atoms with Crippen molar-refractivity contribution in [2.45, 2.75) is 194 Å². The van der Waals surface area contributed by atoms with Gasteiger partial charge in [0.15, 0.2) is 0 Å². The standard InChI is InChI=1S/C42H76BrNO5/c1-3-5-7-9-11-13-15-17-19-21-23-25-27-29-31-38(41(46)47)33-35-44(40(45)37-43)36-34-39(42(48)49)32-30-28-26-24-22-20-18-16-14-12-10-8-6-4-2/h17-20,38-39H,3-16,21-37H2,1-2H3,(H,46,47)(H,48,49)/b19-17-,20-18-. The predicted octanol–water partition coefficient (Wildman–Crippen LogP) is 12.7. The second-order valence-electron chi connectivity index (χ2n) is 14.2. The average molecular weight is 755 g/mol. The van der Waals surface area contributed by atoms with E-state index in [1.165, 1.54) is 89.9 Å². The Kier molecular flexibility index (Phi) is 35.0. The van der Waals surface area contributed by atoms with Gasteiger partial charge >= 0.3 is 11.9 Å². The van der Waals surface area contributed by atoms with Crippen molar-refractivity contribution in [3.63, 3.8) is 0 Å². The van der Waals surface area contributed by atoms with Crippen molar-refractivity contribution >= 4 is 33.8 Å². The Morgan fingerprint density at radius 1 is 0.490 bits per heavy atom. The number of alkyl halides is 1. The maximum Gasteiger partial charge on any atom is 0.306 e. The molecule has 2 unspecified atom stereocenters. The maximum atomic E-state index is 12.6. The minimum atomic E-state index is -0.805. The lowest BCUT2D eigenvalue weighted by atomic mass is 9.95. The predicted molar refractivity (Wildman–Crippen MR) is 212 cm³/mol. The number of aliphatic carboxylic acids is 2. The molecule has 0 spiro atoms. The van der Waals surface area contributed by atoms with Crippen LogP contribution in [0, 0.1) is 11.8 Å². The lowest BCUT2D eigenvalue weighted by Crippen LogP contribution is -2.36. The molecule has 0 saturated heterocycles. The quantitative estimate of drug-likeness (QED) is 0.0374. The van der Waals surface area contributed by atoms with Crippen molar-refractivity contribution in [3.8, 4) is 0 Å². The summed E-state index contributed by atoms with van der Waals surface area (Å²) in [5.41, 5.74) is 0. The summed E-state index contributed by atoms with van der Waals surface area (Å²) in [5, 5.41) is 19.8. The molecule has 0 radical (unpaired) electrons. The minimum absolute atomic E-state index is 0.109. The molecule has 0 aliphatic heterocycles. The van der Waals surface area contributed by atoms with Crippen LogP contribution in [0.3, 0.4) is 0 Å². The van der Waals surface area contributed by atoms with Crippen LogP contribution >= 0.6 is 15.9 Å². The Labute approximate surface area is 310 Å². The molecule has 0 fully saturated rings. The van der Waals surface area contributed by atoms with Crippen LogP contribution in [0.15, 0.2) is 24.3 Å². The number of halogens is 1. The largest absolute Gasteiger partial charge is 0.481 e. The van der Waals surface area contributed by atoms with Gasteiger partial charge in [0.1, 0.15) is 0 Å². The van der Waals surface area contributed by atoms with Crippen LogP contribution in [-0.2, 0) is 14.4 Å². The van der Waals surface area contributed by atoms with Gasteiger partial charge in [-0.2, -0.15) is 0 Å². The highest BCUT2D eigenvalue weighted by Gasteiger charge is 2.23. The number of hydrogen-bond acceptors (Lipinski definition) is 3. The highest BCUT2D eigenvalue weighted by atomic mass is 79.9. The Hall–Kier alpha value is -1.63. The van der Waals surface area contributed by atoms with Gasteiger partial charge in [-0.25, -0.2) is 0 Å². The Morgan fingerprint density at radius 3 is 1.10 bits per heavy atom. The molecule has 1 amide bonds. The van der Waals surface area contributed by atoms with Crippen LogP contribution in [-0.4, -0.2) is 51.4 Å². The molecule has 49 heavy (non-hydrogen) atoms. The molecule has 6 nitrogen and oxygen atoms in total. The van der Waals surface area contributed by atoms with Crippen LogP contribution in [0.5, 0.6) is 0 Å². The first-order valence-corrected chi connectivity index (χ1v) is 21.6. The fraction of sp³-hybridized carbons (Fsp3) is 0.833. The highest BCUT2D eigenvalue weighted by Crippen LogP contribution is 2.20. The number of carboxylic acids is 2. The van der Waals surface area contributed by atoms with Crippen LogP contribution < -0.4 is 0 Å². The number of allylic oxidation sites excluding steroid dienone is 4. The first kappa shape index (κ1) is 47.4. The third kappa shape index (κ3) is 30.9. The molecule has 2 N–H and O–H groups in total. The number of amides is 1. The first-order valence-electron chi connectivity index (χ1n) is 20.5. The van der Waals surface area contributed by atoms with Gasteiger partial charge in [0.2, 0.25) is 5.91 Å². The summed E-state index contributed by atoms with van der Waals surface area (Å²) in [5.74, 6) is -2.68. The van der Waals surface area contributed by atoms with Crippen molar-refractivity contribution in [3.05, 3.63) is 24.3 Å². The summed E-state index contributed by atoms with van der Waals surface area (Å²) >= 11 is 3.26. The lowest BCUT2D eigenvalue weighted by molar-refractivity contribution is -0.143. The van der Waals surface area contributed by atoms with Crippen molar-refractivity contribution in [2.24, 2.45) is 11.8 Å². The number of carbonyl (C=O) groups is 3. The molecule has 286 valence electrons. The van der Waals surface area contributed by atoms with E-state index in [-0.39, 0.29) is 11.2 Å². The normalized spacial score (nSPS) is 13.0. The zero-order valence-corrected chi connectivity index (χ0v) is 33.4. The van der Waals surface area contributed by atoms with Crippen LogP contribution in [0.25, 0.3) is 0 Å². The second-order valence-corrected chi connectivity index (χ2v) is 14.8. The molecule has 0 aromatic carbocycles. The smallest absolute Gasteiger partial charge is 0.306 e. The topological polar surface area (TPSA) is 94.9 Å². The molecule has 0 heterocycles. The summed E-state index contributed by atoms with van der Waals surface area (Å²) in [7, 11) is 0. The van der Waals surface area contributed by atoms with Gasteiger partial charge in [-0.3, -0.25) is 14.4 Å². The van der Waals surface area contributed by atoms with E-state index in [0.717, 1.165) is 64.2 Å². The van der Waals surface area contributed by atoms with Gasteiger partial charge < -0.3 is 15.1 Å². The summed E-state index contributed by atoms with van der Waals surface area (Å²) in [6.45, 7) is 5.20. The van der Waals surface area contributed by atoms with Crippen molar-refractivity contribution < 1.29 is 24.6 Å². The maximum absolute atomic E-state index is 12.6. The second kappa shape index (κ2) is 36.2. The molecule has 0 rings (SSSR count). The van der Waals surface area contributed by atoms with Crippen LogP contribution in [0.1, 0.15) is 194 Å². The minimum Gasteiger partial charge on any atom is -0.481 e. The van der Waals surface area contributed by atoms with Crippen molar-refractivity contribution in [1.29, 1.82) is 0 Å². The summed E-state index contributed by atoms with van der Waals surface area (Å²) < 4.78 is 0. The number of carboxylic acid groups (broad SMARTS) is 2. The molecule has 0 aromatic heterocycles. The van der Waals surface area contributed by atoms with Crippen molar-refractivity contribution in [2.75, 3.05) is 18.4 Å².